The van der Waals surface area contributed by atoms with E-state index in [2.05, 4.69) is 5.32 Å². The number of carbonyl (C=O) groups excluding carboxylic acids is 2. The predicted octanol–water partition coefficient (Wildman–Crippen LogP) is 1.49. The fraction of sp³-hybridized carbons (Fsp3) is 0.600. The monoisotopic (exact) mass is 310 g/mol. The van der Waals surface area contributed by atoms with Crippen LogP contribution in [-0.4, -0.2) is 48.1 Å². The fourth-order valence-corrected chi connectivity index (χ4v) is 3.36. The Labute approximate surface area is 129 Å². The summed E-state index contributed by atoms with van der Waals surface area (Å²) < 4.78 is 0. The third-order valence-corrected chi connectivity index (χ3v) is 4.79. The summed E-state index contributed by atoms with van der Waals surface area (Å²) in [6.07, 6.45) is 3.70. The molecular weight excluding hydrogens is 288 g/mol. The molecule has 2 amide bonds. The van der Waals surface area contributed by atoms with Gasteiger partial charge in [0.25, 0.3) is 5.91 Å². The number of amides is 2. The summed E-state index contributed by atoms with van der Waals surface area (Å²) >= 11 is 1.38. The first-order valence-electron chi connectivity index (χ1n) is 7.29. The van der Waals surface area contributed by atoms with Crippen LogP contribution in [-0.2, 0) is 4.79 Å². The number of hydrogen-bond acceptors (Lipinski definition) is 4. The summed E-state index contributed by atoms with van der Waals surface area (Å²) in [5, 5.41) is 13.9. The van der Waals surface area contributed by atoms with Gasteiger partial charge in [0, 0.05) is 19.7 Å². The number of nitrogens with one attached hydrogen (secondary N) is 1. The van der Waals surface area contributed by atoms with Gasteiger partial charge in [-0.1, -0.05) is 6.07 Å². The Morgan fingerprint density at radius 2 is 2.10 bits per heavy atom. The van der Waals surface area contributed by atoms with Crippen molar-refractivity contribution in [2.45, 2.75) is 31.7 Å². The van der Waals surface area contributed by atoms with Crippen LogP contribution in [0.3, 0.4) is 0 Å². The summed E-state index contributed by atoms with van der Waals surface area (Å²) in [5.41, 5.74) is 0. The molecule has 1 saturated carbocycles. The maximum absolute atomic E-state index is 12.0. The molecule has 0 bridgehead atoms. The van der Waals surface area contributed by atoms with Crippen LogP contribution in [0.2, 0.25) is 0 Å². The number of aliphatic hydroxyl groups excluding tert-OH is 1. The number of rotatable bonds is 5. The smallest absolute Gasteiger partial charge is 0.264 e. The number of carbonyl (C=O) groups is 2. The summed E-state index contributed by atoms with van der Waals surface area (Å²) in [6.45, 7) is 0.315. The van der Waals surface area contributed by atoms with E-state index in [0.29, 0.717) is 10.8 Å². The molecule has 1 fully saturated rings. The molecular formula is C15H22N2O3S. The molecule has 1 aliphatic carbocycles. The molecule has 0 spiro atoms. The van der Waals surface area contributed by atoms with Crippen molar-refractivity contribution in [3.63, 3.8) is 0 Å². The molecule has 0 unspecified atom stereocenters. The molecule has 0 aromatic carbocycles. The number of nitrogens with zero attached hydrogens (tertiary/aromatic N) is 1. The predicted molar refractivity (Wildman–Crippen MR) is 82.3 cm³/mol. The minimum Gasteiger partial charge on any atom is -0.396 e. The molecule has 0 saturated heterocycles. The van der Waals surface area contributed by atoms with Crippen molar-refractivity contribution in [3.05, 3.63) is 22.4 Å². The van der Waals surface area contributed by atoms with Gasteiger partial charge in [-0.05, 0) is 43.0 Å². The molecule has 0 atom stereocenters. The lowest BCUT2D eigenvalue weighted by Gasteiger charge is -2.28. The number of thiophene rings is 1. The van der Waals surface area contributed by atoms with Gasteiger partial charge in [0.05, 0.1) is 11.4 Å². The molecule has 6 heteroatoms. The highest BCUT2D eigenvalue weighted by atomic mass is 32.1. The normalized spacial score (nSPS) is 21.8. The largest absolute Gasteiger partial charge is 0.396 e. The van der Waals surface area contributed by atoms with Crippen molar-refractivity contribution in [2.24, 2.45) is 5.92 Å². The quantitative estimate of drug-likeness (QED) is 0.865. The van der Waals surface area contributed by atoms with Gasteiger partial charge in [0.1, 0.15) is 0 Å². The van der Waals surface area contributed by atoms with Gasteiger partial charge in [0.15, 0.2) is 0 Å². The van der Waals surface area contributed by atoms with E-state index in [1.807, 2.05) is 11.4 Å². The second kappa shape index (κ2) is 7.56. The van der Waals surface area contributed by atoms with Crippen molar-refractivity contribution < 1.29 is 14.7 Å². The fourth-order valence-electron chi connectivity index (χ4n) is 2.64. The van der Waals surface area contributed by atoms with Gasteiger partial charge in [-0.15, -0.1) is 11.3 Å². The molecule has 5 nitrogen and oxygen atoms in total. The Morgan fingerprint density at radius 3 is 2.67 bits per heavy atom. The Bertz CT molecular complexity index is 467. The average molecular weight is 310 g/mol. The van der Waals surface area contributed by atoms with E-state index in [1.165, 1.54) is 16.2 Å². The van der Waals surface area contributed by atoms with E-state index >= 15 is 0 Å². The van der Waals surface area contributed by atoms with Crippen LogP contribution in [0.15, 0.2) is 17.5 Å². The van der Waals surface area contributed by atoms with Gasteiger partial charge in [-0.3, -0.25) is 9.59 Å². The molecule has 1 heterocycles. The van der Waals surface area contributed by atoms with Crippen molar-refractivity contribution in [1.82, 2.24) is 10.2 Å². The summed E-state index contributed by atoms with van der Waals surface area (Å²) in [5.74, 6) is 0.139. The zero-order valence-electron chi connectivity index (χ0n) is 12.2. The number of hydrogen-bond donors (Lipinski definition) is 2. The van der Waals surface area contributed by atoms with Crippen LogP contribution >= 0.6 is 11.3 Å². The van der Waals surface area contributed by atoms with E-state index in [-0.39, 0.29) is 31.0 Å². The van der Waals surface area contributed by atoms with Gasteiger partial charge < -0.3 is 15.3 Å². The Kier molecular flexibility index (Phi) is 5.76. The highest BCUT2D eigenvalue weighted by molar-refractivity contribution is 7.12. The Balaban J connectivity index is 1.75. The molecule has 1 aliphatic rings. The Morgan fingerprint density at radius 1 is 1.38 bits per heavy atom. The van der Waals surface area contributed by atoms with Crippen LogP contribution in [0, 0.1) is 5.92 Å². The highest BCUT2D eigenvalue weighted by Gasteiger charge is 2.23. The Hall–Kier alpha value is -1.40. The van der Waals surface area contributed by atoms with Gasteiger partial charge in [0.2, 0.25) is 5.91 Å². The van der Waals surface area contributed by atoms with Crippen LogP contribution in [0.5, 0.6) is 0 Å². The van der Waals surface area contributed by atoms with E-state index in [9.17, 15) is 9.59 Å². The second-order valence-electron chi connectivity index (χ2n) is 5.61. The van der Waals surface area contributed by atoms with E-state index in [4.69, 9.17) is 5.11 Å². The summed E-state index contributed by atoms with van der Waals surface area (Å²) in [4.78, 5) is 26.1. The van der Waals surface area contributed by atoms with Crippen LogP contribution in [0.25, 0.3) is 0 Å². The SMILES string of the molecule is CN(CC(=O)NC1CCC(CO)CC1)C(=O)c1cccs1. The second-order valence-corrected chi connectivity index (χ2v) is 6.55. The van der Waals surface area contributed by atoms with Crippen LogP contribution < -0.4 is 5.32 Å². The van der Waals surface area contributed by atoms with E-state index in [0.717, 1.165) is 25.7 Å². The zero-order chi connectivity index (χ0) is 15.2. The first-order chi connectivity index (χ1) is 10.1. The average Bonchev–Trinajstić information content (AvgIpc) is 3.01. The molecule has 0 radical (unpaired) electrons. The lowest BCUT2D eigenvalue weighted by molar-refractivity contribution is -0.122. The number of aliphatic hydroxyl groups is 1. The van der Waals surface area contributed by atoms with Gasteiger partial charge in [-0.25, -0.2) is 0 Å². The topological polar surface area (TPSA) is 69.6 Å². The van der Waals surface area contributed by atoms with Crippen molar-refractivity contribution in [3.8, 4) is 0 Å². The minimum absolute atomic E-state index is 0.0800. The third kappa shape index (κ3) is 4.54. The molecule has 2 rings (SSSR count). The molecule has 21 heavy (non-hydrogen) atoms. The minimum atomic E-state index is -0.121. The molecule has 116 valence electrons. The highest BCUT2D eigenvalue weighted by Crippen LogP contribution is 2.23. The van der Waals surface area contributed by atoms with Gasteiger partial charge in [-0.2, -0.15) is 0 Å². The third-order valence-electron chi connectivity index (χ3n) is 3.93. The summed E-state index contributed by atoms with van der Waals surface area (Å²) in [6, 6.07) is 3.76. The summed E-state index contributed by atoms with van der Waals surface area (Å²) in [7, 11) is 1.64. The van der Waals surface area contributed by atoms with Crippen LogP contribution in [0.4, 0.5) is 0 Å². The zero-order valence-corrected chi connectivity index (χ0v) is 13.1. The van der Waals surface area contributed by atoms with Crippen molar-refractivity contribution in [2.75, 3.05) is 20.2 Å². The molecule has 0 aliphatic heterocycles. The molecule has 1 aromatic heterocycles. The first kappa shape index (κ1) is 16.0. The standard InChI is InChI=1S/C15H22N2O3S/c1-17(15(20)13-3-2-8-21-13)9-14(19)16-12-6-4-11(10-18)5-7-12/h2-3,8,11-12,18H,4-7,9-10H2,1H3,(H,16,19). The van der Waals surface area contributed by atoms with E-state index < -0.39 is 0 Å². The number of likely N-dealkylation sites (N-methyl/N-ethyl adjacent to an activating group) is 1. The lowest BCUT2D eigenvalue weighted by atomic mass is 9.86. The van der Waals surface area contributed by atoms with Crippen molar-refractivity contribution in [1.29, 1.82) is 0 Å². The van der Waals surface area contributed by atoms with Crippen LogP contribution in [0.1, 0.15) is 35.4 Å². The van der Waals surface area contributed by atoms with Crippen molar-refractivity contribution >= 4 is 23.2 Å². The molecule has 2 N–H and O–H groups in total. The van der Waals surface area contributed by atoms with E-state index in [1.54, 1.807) is 13.1 Å². The first-order valence-corrected chi connectivity index (χ1v) is 8.17. The lowest BCUT2D eigenvalue weighted by Crippen LogP contribution is -2.44. The van der Waals surface area contributed by atoms with Gasteiger partial charge >= 0.3 is 0 Å². The maximum atomic E-state index is 12.0. The molecule has 1 aromatic rings. The maximum Gasteiger partial charge on any atom is 0.264 e.